The smallest absolute Gasteiger partial charge is 0.231 e. The Morgan fingerprint density at radius 3 is 2.20 bits per heavy atom. The van der Waals surface area contributed by atoms with E-state index in [9.17, 15) is 14.0 Å². The summed E-state index contributed by atoms with van der Waals surface area (Å²) in [6.07, 6.45) is 0.425. The number of nitrogens with zero attached hydrogens (tertiary/aromatic N) is 3. The number of halogens is 1. The van der Waals surface area contributed by atoms with Crippen LogP contribution in [0.2, 0.25) is 0 Å². The average Bonchev–Trinajstić information content (AvgIpc) is 3.26. The Morgan fingerprint density at radius 1 is 0.914 bits per heavy atom. The van der Waals surface area contributed by atoms with Gasteiger partial charge < -0.3 is 5.32 Å². The third kappa shape index (κ3) is 6.42. The van der Waals surface area contributed by atoms with Crippen LogP contribution in [0.5, 0.6) is 0 Å². The molecule has 1 N–H and O–H groups in total. The SMILES string of the molecule is CC(=O)[C@@H](Cc1ccccc1)NC(=O)CSc1nnc(-c2ccccc2F)n1Cc1ccccc1. The number of ketones is 1. The molecule has 1 amide bonds. The van der Waals surface area contributed by atoms with E-state index in [2.05, 4.69) is 15.5 Å². The van der Waals surface area contributed by atoms with Crippen LogP contribution >= 0.6 is 11.8 Å². The van der Waals surface area contributed by atoms with Gasteiger partial charge in [0.25, 0.3) is 0 Å². The van der Waals surface area contributed by atoms with Crippen molar-refractivity contribution >= 4 is 23.5 Å². The van der Waals surface area contributed by atoms with Crippen LogP contribution in [-0.4, -0.2) is 38.2 Å². The van der Waals surface area contributed by atoms with Crippen molar-refractivity contribution in [3.05, 3.63) is 102 Å². The van der Waals surface area contributed by atoms with Crippen molar-refractivity contribution in [1.29, 1.82) is 0 Å². The first-order chi connectivity index (χ1) is 17.0. The molecule has 0 saturated heterocycles. The molecule has 1 aromatic heterocycles. The lowest BCUT2D eigenvalue weighted by molar-refractivity contribution is -0.125. The Morgan fingerprint density at radius 2 is 1.54 bits per heavy atom. The van der Waals surface area contributed by atoms with Gasteiger partial charge in [-0.2, -0.15) is 0 Å². The number of amides is 1. The van der Waals surface area contributed by atoms with Gasteiger partial charge >= 0.3 is 0 Å². The second kappa shape index (κ2) is 11.6. The monoisotopic (exact) mass is 488 g/mol. The number of aromatic nitrogens is 3. The second-order valence-corrected chi connectivity index (χ2v) is 9.01. The molecular weight excluding hydrogens is 463 g/mol. The van der Waals surface area contributed by atoms with E-state index in [1.807, 2.05) is 60.7 Å². The fraction of sp³-hybridized carbons (Fsp3) is 0.185. The van der Waals surface area contributed by atoms with Crippen LogP contribution in [0.25, 0.3) is 11.4 Å². The Bertz CT molecular complexity index is 1300. The van der Waals surface area contributed by atoms with Gasteiger partial charge in [0, 0.05) is 0 Å². The van der Waals surface area contributed by atoms with Gasteiger partial charge in [-0.1, -0.05) is 84.6 Å². The highest BCUT2D eigenvalue weighted by Gasteiger charge is 2.21. The first-order valence-corrected chi connectivity index (χ1v) is 12.2. The lowest BCUT2D eigenvalue weighted by Crippen LogP contribution is -2.42. The Hall–Kier alpha value is -3.78. The van der Waals surface area contributed by atoms with Crippen LogP contribution in [0, 0.1) is 5.82 Å². The lowest BCUT2D eigenvalue weighted by atomic mass is 10.0. The molecule has 4 rings (SSSR count). The highest BCUT2D eigenvalue weighted by Crippen LogP contribution is 2.27. The molecule has 4 aromatic rings. The molecule has 0 unspecified atom stereocenters. The van der Waals surface area contributed by atoms with E-state index in [0.29, 0.717) is 29.5 Å². The van der Waals surface area contributed by atoms with Crippen molar-refractivity contribution in [2.24, 2.45) is 0 Å². The van der Waals surface area contributed by atoms with Crippen molar-refractivity contribution in [3.8, 4) is 11.4 Å². The zero-order valence-electron chi connectivity index (χ0n) is 19.2. The average molecular weight is 489 g/mol. The molecule has 3 aromatic carbocycles. The van der Waals surface area contributed by atoms with Crippen LogP contribution in [0.15, 0.2) is 90.1 Å². The highest BCUT2D eigenvalue weighted by atomic mass is 32.2. The van der Waals surface area contributed by atoms with Gasteiger partial charge in [-0.25, -0.2) is 4.39 Å². The van der Waals surface area contributed by atoms with Crippen molar-refractivity contribution < 1.29 is 14.0 Å². The minimum atomic E-state index is -0.610. The molecule has 0 aliphatic heterocycles. The van der Waals surface area contributed by atoms with E-state index >= 15 is 0 Å². The van der Waals surface area contributed by atoms with E-state index in [1.165, 1.54) is 24.8 Å². The maximum atomic E-state index is 14.5. The number of nitrogens with one attached hydrogen (secondary N) is 1. The summed E-state index contributed by atoms with van der Waals surface area (Å²) in [7, 11) is 0. The first kappa shape index (κ1) is 24.3. The summed E-state index contributed by atoms with van der Waals surface area (Å²) < 4.78 is 16.3. The molecule has 35 heavy (non-hydrogen) atoms. The van der Waals surface area contributed by atoms with E-state index in [-0.39, 0.29) is 17.4 Å². The molecule has 6 nitrogen and oxygen atoms in total. The van der Waals surface area contributed by atoms with E-state index in [4.69, 9.17) is 0 Å². The summed E-state index contributed by atoms with van der Waals surface area (Å²) >= 11 is 1.20. The second-order valence-electron chi connectivity index (χ2n) is 8.07. The molecule has 0 aliphatic rings. The predicted molar refractivity (Wildman–Crippen MR) is 134 cm³/mol. The fourth-order valence-electron chi connectivity index (χ4n) is 3.66. The fourth-order valence-corrected chi connectivity index (χ4v) is 4.41. The van der Waals surface area contributed by atoms with Gasteiger partial charge in [0.15, 0.2) is 16.8 Å². The predicted octanol–water partition coefficient (Wildman–Crippen LogP) is 4.54. The van der Waals surface area contributed by atoms with Crippen molar-refractivity contribution in [3.63, 3.8) is 0 Å². The van der Waals surface area contributed by atoms with Crippen LogP contribution in [-0.2, 0) is 22.6 Å². The van der Waals surface area contributed by atoms with Crippen molar-refractivity contribution in [2.45, 2.75) is 31.1 Å². The number of carbonyl (C=O) groups is 2. The number of carbonyl (C=O) groups excluding carboxylic acids is 2. The van der Waals surface area contributed by atoms with Gasteiger partial charge in [-0.05, 0) is 36.6 Å². The first-order valence-electron chi connectivity index (χ1n) is 11.2. The largest absolute Gasteiger partial charge is 0.345 e. The Balaban J connectivity index is 1.50. The summed E-state index contributed by atoms with van der Waals surface area (Å²) in [5.74, 6) is -0.355. The van der Waals surface area contributed by atoms with Crippen molar-refractivity contribution in [2.75, 3.05) is 5.75 Å². The van der Waals surface area contributed by atoms with Crippen LogP contribution in [0.3, 0.4) is 0 Å². The topological polar surface area (TPSA) is 76.9 Å². The number of benzene rings is 3. The van der Waals surface area contributed by atoms with Gasteiger partial charge in [-0.3, -0.25) is 14.2 Å². The van der Waals surface area contributed by atoms with Crippen LogP contribution in [0.1, 0.15) is 18.1 Å². The normalized spacial score (nSPS) is 11.7. The summed E-state index contributed by atoms with van der Waals surface area (Å²) in [6, 6.07) is 25.1. The lowest BCUT2D eigenvalue weighted by Gasteiger charge is -2.16. The minimum Gasteiger partial charge on any atom is -0.345 e. The summed E-state index contributed by atoms with van der Waals surface area (Å²) in [6.45, 7) is 1.89. The van der Waals surface area contributed by atoms with Gasteiger partial charge in [0.1, 0.15) is 5.82 Å². The number of hydrogen-bond donors (Lipinski definition) is 1. The van der Waals surface area contributed by atoms with E-state index in [0.717, 1.165) is 11.1 Å². The molecule has 0 spiro atoms. The summed E-state index contributed by atoms with van der Waals surface area (Å²) in [5.41, 5.74) is 2.31. The molecule has 0 fully saturated rings. The molecular formula is C27H25FN4O2S. The quantitative estimate of drug-likeness (QED) is 0.332. The maximum absolute atomic E-state index is 14.5. The van der Waals surface area contributed by atoms with Crippen LogP contribution in [0.4, 0.5) is 4.39 Å². The number of Topliss-reactive ketones (excluding diaryl/α,β-unsaturated/α-hetero) is 1. The third-order valence-corrected chi connectivity index (χ3v) is 6.42. The summed E-state index contributed by atoms with van der Waals surface area (Å²) in [5, 5.41) is 11.8. The molecule has 1 atom stereocenters. The Kier molecular flexibility index (Phi) is 8.05. The Labute approximate surface area is 207 Å². The number of thioether (sulfide) groups is 1. The van der Waals surface area contributed by atoms with Gasteiger partial charge in [-0.15, -0.1) is 10.2 Å². The highest BCUT2D eigenvalue weighted by molar-refractivity contribution is 7.99. The molecule has 0 aliphatic carbocycles. The van der Waals surface area contributed by atoms with Crippen molar-refractivity contribution in [1.82, 2.24) is 20.1 Å². The van der Waals surface area contributed by atoms with E-state index < -0.39 is 11.9 Å². The molecule has 0 bridgehead atoms. The van der Waals surface area contributed by atoms with Gasteiger partial charge in [0.05, 0.1) is 23.9 Å². The molecule has 0 saturated carbocycles. The number of rotatable bonds is 10. The van der Waals surface area contributed by atoms with Gasteiger partial charge in [0.2, 0.25) is 5.91 Å². The number of hydrogen-bond acceptors (Lipinski definition) is 5. The zero-order chi connectivity index (χ0) is 24.6. The third-order valence-electron chi connectivity index (χ3n) is 5.46. The van der Waals surface area contributed by atoms with E-state index in [1.54, 1.807) is 22.8 Å². The molecule has 178 valence electrons. The summed E-state index contributed by atoms with van der Waals surface area (Å²) in [4.78, 5) is 24.8. The molecule has 8 heteroatoms. The minimum absolute atomic E-state index is 0.0444. The molecule has 1 heterocycles. The standard InChI is InChI=1S/C27H25FN4O2S/c1-19(33)24(16-20-10-4-2-5-11-20)29-25(34)18-35-27-31-30-26(22-14-8-9-15-23(22)28)32(27)17-21-12-6-3-7-13-21/h2-15,24H,16-18H2,1H3,(H,29,34)/t24-/m1/s1. The zero-order valence-corrected chi connectivity index (χ0v) is 20.0. The van der Waals surface area contributed by atoms with Crippen LogP contribution < -0.4 is 5.32 Å². The maximum Gasteiger partial charge on any atom is 0.231 e. The molecule has 0 radical (unpaired) electrons.